The SMILES string of the molecule is O=C(O)[C@H](Cc1ccc(-c2ccccc2)cc1)NC(=O)[C@@H]1Cc2ccc(OCc3ccc(C(F)(F)F)cc3)cc2CN1. The van der Waals surface area contributed by atoms with Gasteiger partial charge in [-0.25, -0.2) is 4.79 Å². The molecular weight excluding hydrogens is 545 g/mol. The molecule has 2 atom stereocenters. The third-order valence-corrected chi connectivity index (χ3v) is 7.26. The zero-order valence-electron chi connectivity index (χ0n) is 22.5. The molecular formula is C33H29F3N2O4. The van der Waals surface area contributed by atoms with Crippen LogP contribution in [0.2, 0.25) is 0 Å². The van der Waals surface area contributed by atoms with Crippen LogP contribution in [0.1, 0.15) is 27.8 Å². The van der Waals surface area contributed by atoms with Gasteiger partial charge >= 0.3 is 12.1 Å². The minimum absolute atomic E-state index is 0.112. The molecule has 1 aliphatic heterocycles. The number of alkyl halides is 3. The summed E-state index contributed by atoms with van der Waals surface area (Å²) in [5.41, 5.74) is 4.64. The summed E-state index contributed by atoms with van der Waals surface area (Å²) in [7, 11) is 0. The van der Waals surface area contributed by atoms with Crippen LogP contribution in [0.25, 0.3) is 11.1 Å². The Morgan fingerprint density at radius 2 is 1.55 bits per heavy atom. The number of carbonyl (C=O) groups excluding carboxylic acids is 1. The highest BCUT2D eigenvalue weighted by atomic mass is 19.4. The highest BCUT2D eigenvalue weighted by Crippen LogP contribution is 2.29. The number of benzene rings is 4. The summed E-state index contributed by atoms with van der Waals surface area (Å²) in [6, 6.07) is 26.1. The van der Waals surface area contributed by atoms with Gasteiger partial charge in [0.05, 0.1) is 11.6 Å². The van der Waals surface area contributed by atoms with Gasteiger partial charge in [0.15, 0.2) is 0 Å². The quantitative estimate of drug-likeness (QED) is 0.236. The van der Waals surface area contributed by atoms with Crippen molar-refractivity contribution in [3.63, 3.8) is 0 Å². The van der Waals surface area contributed by atoms with Gasteiger partial charge in [-0.3, -0.25) is 4.79 Å². The largest absolute Gasteiger partial charge is 0.489 e. The number of carboxylic acids is 1. The van der Waals surface area contributed by atoms with Crippen molar-refractivity contribution in [3.05, 3.63) is 125 Å². The predicted molar refractivity (Wildman–Crippen MR) is 152 cm³/mol. The van der Waals surface area contributed by atoms with Crippen LogP contribution in [0.3, 0.4) is 0 Å². The zero-order valence-corrected chi connectivity index (χ0v) is 22.5. The number of fused-ring (bicyclic) bond motifs is 1. The molecule has 1 amide bonds. The van der Waals surface area contributed by atoms with Crippen LogP contribution >= 0.6 is 0 Å². The third-order valence-electron chi connectivity index (χ3n) is 7.26. The normalized spacial score (nSPS) is 15.4. The molecule has 0 bridgehead atoms. The van der Waals surface area contributed by atoms with E-state index in [1.54, 1.807) is 6.07 Å². The lowest BCUT2D eigenvalue weighted by Crippen LogP contribution is -2.52. The van der Waals surface area contributed by atoms with E-state index in [0.717, 1.165) is 39.9 Å². The summed E-state index contributed by atoms with van der Waals surface area (Å²) in [4.78, 5) is 25.0. The number of carboxylic acid groups (broad SMARTS) is 1. The Hall–Kier alpha value is -4.63. The molecule has 216 valence electrons. The summed E-state index contributed by atoms with van der Waals surface area (Å²) in [5.74, 6) is -0.944. The van der Waals surface area contributed by atoms with Crippen LogP contribution in [0.5, 0.6) is 5.75 Å². The van der Waals surface area contributed by atoms with E-state index in [-0.39, 0.29) is 13.0 Å². The van der Waals surface area contributed by atoms with Crippen molar-refractivity contribution in [2.24, 2.45) is 0 Å². The third kappa shape index (κ3) is 7.16. The first-order valence-corrected chi connectivity index (χ1v) is 13.5. The highest BCUT2D eigenvalue weighted by molar-refractivity contribution is 5.87. The summed E-state index contributed by atoms with van der Waals surface area (Å²) in [5, 5.41) is 15.6. The van der Waals surface area contributed by atoms with Crippen LogP contribution in [-0.2, 0) is 41.8 Å². The molecule has 3 N–H and O–H groups in total. The Bertz CT molecular complexity index is 1540. The fraction of sp³-hybridized carbons (Fsp3) is 0.212. The Morgan fingerprint density at radius 1 is 0.881 bits per heavy atom. The van der Waals surface area contributed by atoms with Gasteiger partial charge in [-0.1, -0.05) is 72.8 Å². The molecule has 1 heterocycles. The molecule has 6 nitrogen and oxygen atoms in total. The van der Waals surface area contributed by atoms with Gasteiger partial charge in [-0.2, -0.15) is 13.2 Å². The molecule has 4 aromatic rings. The Labute approximate surface area is 241 Å². The van der Waals surface area contributed by atoms with Gasteiger partial charge in [-0.05, 0) is 64.1 Å². The van der Waals surface area contributed by atoms with Crippen LogP contribution in [0.15, 0.2) is 97.1 Å². The maximum Gasteiger partial charge on any atom is 0.416 e. The molecule has 1 aliphatic rings. The summed E-state index contributed by atoms with van der Waals surface area (Å²) in [6.45, 7) is 0.491. The minimum Gasteiger partial charge on any atom is -0.489 e. The molecule has 0 unspecified atom stereocenters. The highest BCUT2D eigenvalue weighted by Gasteiger charge is 2.30. The van der Waals surface area contributed by atoms with Gasteiger partial charge in [0.25, 0.3) is 0 Å². The molecule has 0 radical (unpaired) electrons. The van der Waals surface area contributed by atoms with E-state index >= 15 is 0 Å². The molecule has 0 saturated heterocycles. The van der Waals surface area contributed by atoms with E-state index in [9.17, 15) is 27.9 Å². The van der Waals surface area contributed by atoms with E-state index in [1.165, 1.54) is 12.1 Å². The second-order valence-corrected chi connectivity index (χ2v) is 10.2. The molecule has 0 aliphatic carbocycles. The van der Waals surface area contributed by atoms with Crippen molar-refractivity contribution in [2.75, 3.05) is 0 Å². The van der Waals surface area contributed by atoms with Crippen molar-refractivity contribution in [1.82, 2.24) is 10.6 Å². The van der Waals surface area contributed by atoms with E-state index < -0.39 is 35.7 Å². The van der Waals surface area contributed by atoms with E-state index in [2.05, 4.69) is 10.6 Å². The molecule has 0 spiro atoms. The molecule has 0 fully saturated rings. The summed E-state index contributed by atoms with van der Waals surface area (Å²) < 4.78 is 44.1. The smallest absolute Gasteiger partial charge is 0.416 e. The van der Waals surface area contributed by atoms with Crippen LogP contribution < -0.4 is 15.4 Å². The van der Waals surface area contributed by atoms with Crippen molar-refractivity contribution in [1.29, 1.82) is 0 Å². The first-order valence-electron chi connectivity index (χ1n) is 13.5. The first-order chi connectivity index (χ1) is 20.2. The van der Waals surface area contributed by atoms with Crippen LogP contribution in [-0.4, -0.2) is 29.1 Å². The lowest BCUT2D eigenvalue weighted by Gasteiger charge is -2.27. The van der Waals surface area contributed by atoms with Gasteiger partial charge in [0.2, 0.25) is 5.91 Å². The lowest BCUT2D eigenvalue weighted by atomic mass is 9.94. The molecule has 0 saturated carbocycles. The number of hydrogen-bond donors (Lipinski definition) is 3. The monoisotopic (exact) mass is 574 g/mol. The van der Waals surface area contributed by atoms with Crippen molar-refractivity contribution < 1.29 is 32.6 Å². The van der Waals surface area contributed by atoms with Gasteiger partial charge < -0.3 is 20.5 Å². The topological polar surface area (TPSA) is 87.7 Å². The minimum atomic E-state index is -4.39. The molecule has 4 aromatic carbocycles. The summed E-state index contributed by atoms with van der Waals surface area (Å²) >= 11 is 0. The lowest BCUT2D eigenvalue weighted by molar-refractivity contribution is -0.142. The first kappa shape index (κ1) is 28.9. The van der Waals surface area contributed by atoms with Crippen LogP contribution in [0, 0.1) is 0 Å². The van der Waals surface area contributed by atoms with Gasteiger partial charge in [0.1, 0.15) is 18.4 Å². The molecule has 5 rings (SSSR count). The Morgan fingerprint density at radius 3 is 2.21 bits per heavy atom. The van der Waals surface area contributed by atoms with E-state index in [0.29, 0.717) is 24.3 Å². The van der Waals surface area contributed by atoms with Gasteiger partial charge in [0, 0.05) is 13.0 Å². The van der Waals surface area contributed by atoms with Crippen molar-refractivity contribution >= 4 is 11.9 Å². The number of ether oxygens (including phenoxy) is 1. The van der Waals surface area contributed by atoms with Crippen molar-refractivity contribution in [2.45, 2.75) is 44.3 Å². The number of rotatable bonds is 9. The number of nitrogens with one attached hydrogen (secondary N) is 2. The fourth-order valence-corrected chi connectivity index (χ4v) is 4.90. The zero-order chi connectivity index (χ0) is 29.7. The Kier molecular flexibility index (Phi) is 8.59. The average Bonchev–Trinajstić information content (AvgIpc) is 3.00. The Balaban J connectivity index is 1.16. The van der Waals surface area contributed by atoms with E-state index in [1.807, 2.05) is 66.7 Å². The number of halogens is 3. The summed E-state index contributed by atoms with van der Waals surface area (Å²) in [6.07, 6.45) is -3.86. The molecule has 9 heteroatoms. The number of aliphatic carboxylic acids is 1. The second kappa shape index (κ2) is 12.5. The predicted octanol–water partition coefficient (Wildman–Crippen LogP) is 5.78. The van der Waals surface area contributed by atoms with Crippen LogP contribution in [0.4, 0.5) is 13.2 Å². The number of hydrogen-bond acceptors (Lipinski definition) is 4. The fourth-order valence-electron chi connectivity index (χ4n) is 4.90. The standard InChI is InChI=1S/C33H29F3N2O4/c34-33(35,36)27-13-8-22(9-14-27)20-42-28-15-12-25-18-29(37-19-26(25)17-28)31(39)38-30(32(40)41)16-21-6-10-24(11-7-21)23-4-2-1-3-5-23/h1-15,17,29-30,37H,16,18-20H2,(H,38,39)(H,40,41)/t29-,30-/m0/s1. The maximum atomic E-state index is 13.0. The molecule has 0 aromatic heterocycles. The molecule has 42 heavy (non-hydrogen) atoms. The second-order valence-electron chi connectivity index (χ2n) is 10.2. The maximum absolute atomic E-state index is 13.0. The number of carbonyl (C=O) groups is 2. The van der Waals surface area contributed by atoms with E-state index in [4.69, 9.17) is 4.74 Å². The van der Waals surface area contributed by atoms with Gasteiger partial charge in [-0.15, -0.1) is 0 Å². The van der Waals surface area contributed by atoms with Crippen molar-refractivity contribution in [3.8, 4) is 16.9 Å². The average molecular weight is 575 g/mol. The number of amides is 1.